The van der Waals surface area contributed by atoms with Gasteiger partial charge in [0.05, 0.1) is 13.2 Å². The Morgan fingerprint density at radius 2 is 1.37 bits per heavy atom. The van der Waals surface area contributed by atoms with E-state index in [-0.39, 0.29) is 17.9 Å². The second-order valence-corrected chi connectivity index (χ2v) is 7.71. The zero-order chi connectivity index (χ0) is 20.8. The van der Waals surface area contributed by atoms with Crippen LogP contribution in [0.1, 0.15) is 34.3 Å². The quantitative estimate of drug-likeness (QED) is 0.664. The number of nitrogens with one attached hydrogen (secondary N) is 1. The van der Waals surface area contributed by atoms with Gasteiger partial charge in [-0.15, -0.1) is 0 Å². The molecule has 0 spiro atoms. The lowest BCUT2D eigenvalue weighted by molar-refractivity contribution is 0.0937. The first kappa shape index (κ1) is 20.2. The highest BCUT2D eigenvalue weighted by Crippen LogP contribution is 2.28. The fourth-order valence-electron chi connectivity index (χ4n) is 4.11. The lowest BCUT2D eigenvalue weighted by Crippen LogP contribution is -2.38. The molecule has 1 saturated heterocycles. The molecule has 1 fully saturated rings. The van der Waals surface area contributed by atoms with Crippen LogP contribution in [0.4, 0.5) is 5.69 Å². The molecule has 1 amide bonds. The minimum absolute atomic E-state index is 0.0483. The number of hydrogen-bond acceptors (Lipinski definition) is 3. The maximum absolute atomic E-state index is 13.0. The van der Waals surface area contributed by atoms with Gasteiger partial charge in [0.2, 0.25) is 0 Å². The third-order valence-electron chi connectivity index (χ3n) is 5.68. The predicted octanol–water partition coefficient (Wildman–Crippen LogP) is 4.47. The van der Waals surface area contributed by atoms with E-state index in [0.29, 0.717) is 5.56 Å². The summed E-state index contributed by atoms with van der Waals surface area (Å²) in [6.45, 7) is 5.35. The van der Waals surface area contributed by atoms with Crippen molar-refractivity contribution in [3.05, 3.63) is 102 Å². The third-order valence-corrected chi connectivity index (χ3v) is 5.68. The highest BCUT2D eigenvalue weighted by Gasteiger charge is 2.23. The average molecular weight is 401 g/mol. The number of carbonyl (C=O) groups is 1. The molecule has 30 heavy (non-hydrogen) atoms. The Balaban J connectivity index is 1.49. The number of amides is 1. The van der Waals surface area contributed by atoms with Crippen LogP contribution in [-0.4, -0.2) is 38.3 Å². The van der Waals surface area contributed by atoms with Crippen LogP contribution in [-0.2, 0) is 4.74 Å². The first-order valence-electron chi connectivity index (χ1n) is 10.6. The van der Waals surface area contributed by atoms with Gasteiger partial charge in [-0.25, -0.2) is 0 Å². The topological polar surface area (TPSA) is 41.6 Å². The van der Waals surface area contributed by atoms with Crippen molar-refractivity contribution in [1.82, 2.24) is 5.32 Å². The fraction of sp³-hybridized carbons (Fsp3) is 0.269. The van der Waals surface area contributed by atoms with Crippen molar-refractivity contribution >= 4 is 11.6 Å². The summed E-state index contributed by atoms with van der Waals surface area (Å²) in [6.07, 6.45) is 0. The van der Waals surface area contributed by atoms with Crippen LogP contribution in [0.3, 0.4) is 0 Å². The Labute approximate surface area is 178 Å². The molecule has 3 aromatic carbocycles. The number of carbonyl (C=O) groups excluding carboxylic acids is 1. The molecule has 3 aromatic rings. The summed E-state index contributed by atoms with van der Waals surface area (Å²) in [6, 6.07) is 28.5. The van der Waals surface area contributed by atoms with Crippen LogP contribution >= 0.6 is 0 Å². The summed E-state index contributed by atoms with van der Waals surface area (Å²) in [7, 11) is 0. The van der Waals surface area contributed by atoms with E-state index in [1.807, 2.05) is 60.7 Å². The molecule has 4 rings (SSSR count). The van der Waals surface area contributed by atoms with E-state index >= 15 is 0 Å². The lowest BCUT2D eigenvalue weighted by atomic mass is 9.85. The normalized spacial score (nSPS) is 15.1. The molecule has 4 nitrogen and oxygen atoms in total. The molecule has 0 saturated carbocycles. The van der Waals surface area contributed by atoms with Gasteiger partial charge < -0.3 is 15.0 Å². The van der Waals surface area contributed by atoms with Gasteiger partial charge in [-0.3, -0.25) is 4.79 Å². The average Bonchev–Trinajstić information content (AvgIpc) is 2.81. The van der Waals surface area contributed by atoms with Gasteiger partial charge in [0.15, 0.2) is 0 Å². The van der Waals surface area contributed by atoms with E-state index in [9.17, 15) is 4.79 Å². The van der Waals surface area contributed by atoms with Gasteiger partial charge in [-0.05, 0) is 42.3 Å². The summed E-state index contributed by atoms with van der Waals surface area (Å²) in [5.41, 5.74) is 4.20. The molecule has 1 atom stereocenters. The molecule has 1 aliphatic rings. The molecule has 4 heteroatoms. The van der Waals surface area contributed by atoms with E-state index < -0.39 is 0 Å². The second-order valence-electron chi connectivity index (χ2n) is 7.71. The molecule has 154 valence electrons. The fourth-order valence-corrected chi connectivity index (χ4v) is 4.11. The molecular weight excluding hydrogens is 372 g/mol. The smallest absolute Gasteiger partial charge is 0.251 e. The molecule has 1 unspecified atom stereocenters. The SMILES string of the molecule is CC(NC(=O)c1ccc(N2CCOCC2)cc1)C(c1ccccc1)c1ccccc1. The minimum atomic E-state index is -0.0544. The first-order valence-corrected chi connectivity index (χ1v) is 10.6. The van der Waals surface area contributed by atoms with Crippen LogP contribution in [0.2, 0.25) is 0 Å². The van der Waals surface area contributed by atoms with Crippen LogP contribution in [0, 0.1) is 0 Å². The van der Waals surface area contributed by atoms with Crippen molar-refractivity contribution < 1.29 is 9.53 Å². The molecule has 0 aliphatic carbocycles. The number of nitrogens with zero attached hydrogens (tertiary/aromatic N) is 1. The van der Waals surface area contributed by atoms with Crippen molar-refractivity contribution in [3.63, 3.8) is 0 Å². The Morgan fingerprint density at radius 3 is 1.90 bits per heavy atom. The largest absolute Gasteiger partial charge is 0.378 e. The Kier molecular flexibility index (Phi) is 6.45. The predicted molar refractivity (Wildman–Crippen MR) is 121 cm³/mol. The van der Waals surface area contributed by atoms with Gasteiger partial charge in [0.25, 0.3) is 5.91 Å². The lowest BCUT2D eigenvalue weighted by Gasteiger charge is -2.29. The first-order chi connectivity index (χ1) is 14.7. The van der Waals surface area contributed by atoms with Crippen molar-refractivity contribution in [2.75, 3.05) is 31.2 Å². The van der Waals surface area contributed by atoms with Crippen LogP contribution in [0.25, 0.3) is 0 Å². The number of ether oxygens (including phenoxy) is 1. The summed E-state index contributed by atoms with van der Waals surface area (Å²) in [5.74, 6) is 0.0388. The van der Waals surface area contributed by atoms with Crippen molar-refractivity contribution in [3.8, 4) is 0 Å². The van der Waals surface area contributed by atoms with E-state index in [1.54, 1.807) is 0 Å². The highest BCUT2D eigenvalue weighted by molar-refractivity contribution is 5.94. The molecular formula is C26H28N2O2. The van der Waals surface area contributed by atoms with Gasteiger partial charge >= 0.3 is 0 Å². The minimum Gasteiger partial charge on any atom is -0.378 e. The molecule has 0 aromatic heterocycles. The summed E-state index contributed by atoms with van der Waals surface area (Å²) >= 11 is 0. The monoisotopic (exact) mass is 400 g/mol. The highest BCUT2D eigenvalue weighted by atomic mass is 16.5. The van der Waals surface area contributed by atoms with Gasteiger partial charge in [-0.2, -0.15) is 0 Å². The number of anilines is 1. The molecule has 1 N–H and O–H groups in total. The van der Waals surface area contributed by atoms with Crippen LogP contribution < -0.4 is 10.2 Å². The van der Waals surface area contributed by atoms with Crippen molar-refractivity contribution in [1.29, 1.82) is 0 Å². The summed E-state index contributed by atoms with van der Waals surface area (Å²) in [5, 5.41) is 3.22. The van der Waals surface area contributed by atoms with Crippen molar-refractivity contribution in [2.45, 2.75) is 18.9 Å². The van der Waals surface area contributed by atoms with Crippen LogP contribution in [0.15, 0.2) is 84.9 Å². The maximum Gasteiger partial charge on any atom is 0.251 e. The number of benzene rings is 3. The Hall–Kier alpha value is -3.11. The van der Waals surface area contributed by atoms with Gasteiger partial charge in [0.1, 0.15) is 0 Å². The summed E-state index contributed by atoms with van der Waals surface area (Å²) in [4.78, 5) is 15.3. The van der Waals surface area contributed by atoms with Crippen LogP contribution in [0.5, 0.6) is 0 Å². The standard InChI is InChI=1S/C26H28N2O2/c1-20(25(21-8-4-2-5-9-21)22-10-6-3-7-11-22)27-26(29)23-12-14-24(15-13-23)28-16-18-30-19-17-28/h2-15,20,25H,16-19H2,1H3,(H,27,29). The summed E-state index contributed by atoms with van der Waals surface area (Å²) < 4.78 is 5.42. The molecule has 0 bridgehead atoms. The number of morpholine rings is 1. The second kappa shape index (κ2) is 9.59. The molecule has 1 heterocycles. The third kappa shape index (κ3) is 4.71. The van der Waals surface area contributed by atoms with E-state index in [0.717, 1.165) is 32.0 Å². The van der Waals surface area contributed by atoms with Gasteiger partial charge in [-0.1, -0.05) is 60.7 Å². The van der Waals surface area contributed by atoms with E-state index in [2.05, 4.69) is 41.4 Å². The Bertz CT molecular complexity index is 896. The maximum atomic E-state index is 13.0. The Morgan fingerprint density at radius 1 is 0.833 bits per heavy atom. The van der Waals surface area contributed by atoms with Gasteiger partial charge in [0, 0.05) is 36.3 Å². The number of rotatable bonds is 6. The zero-order valence-corrected chi connectivity index (χ0v) is 17.3. The molecule has 0 radical (unpaired) electrons. The molecule has 1 aliphatic heterocycles. The van der Waals surface area contributed by atoms with E-state index in [4.69, 9.17) is 4.74 Å². The van der Waals surface area contributed by atoms with Crippen molar-refractivity contribution in [2.24, 2.45) is 0 Å². The number of hydrogen-bond donors (Lipinski definition) is 1. The zero-order valence-electron chi connectivity index (χ0n) is 17.3. The van der Waals surface area contributed by atoms with E-state index in [1.165, 1.54) is 11.1 Å².